The minimum Gasteiger partial charge on any atom is -0.339 e. The highest BCUT2D eigenvalue weighted by Crippen LogP contribution is 2.23. The fourth-order valence-electron chi connectivity index (χ4n) is 2.59. The van der Waals surface area contributed by atoms with Crippen molar-refractivity contribution in [3.63, 3.8) is 0 Å². The molecule has 0 aliphatic carbocycles. The van der Waals surface area contributed by atoms with E-state index in [-0.39, 0.29) is 11.9 Å². The molecule has 1 aromatic heterocycles. The monoisotopic (exact) mass is 324 g/mol. The first kappa shape index (κ1) is 15.7. The van der Waals surface area contributed by atoms with Crippen LogP contribution in [0, 0.1) is 0 Å². The van der Waals surface area contributed by atoms with E-state index >= 15 is 0 Å². The minimum absolute atomic E-state index is 0.0825. The first-order valence-corrected chi connectivity index (χ1v) is 8.62. The maximum Gasteiger partial charge on any atom is 0.223 e. The van der Waals surface area contributed by atoms with Gasteiger partial charge in [0.2, 0.25) is 5.91 Å². The molecule has 1 atom stereocenters. The molecule has 1 unspecified atom stereocenters. The van der Waals surface area contributed by atoms with Gasteiger partial charge in [-0.3, -0.25) is 4.79 Å². The fourth-order valence-corrected chi connectivity index (χ4v) is 3.56. The molecule has 1 amide bonds. The number of para-hydroxylation sites is 1. The van der Waals surface area contributed by atoms with Gasteiger partial charge in [0.05, 0.1) is 21.3 Å². The predicted molar refractivity (Wildman–Crippen MR) is 95.6 cm³/mol. The third-order valence-electron chi connectivity index (χ3n) is 4.15. The Morgan fingerprint density at radius 1 is 1.13 bits per heavy atom. The van der Waals surface area contributed by atoms with Gasteiger partial charge in [-0.05, 0) is 24.6 Å². The first-order valence-electron chi connectivity index (χ1n) is 7.80. The number of carbonyl (C=O) groups excluding carboxylic acids is 1. The molecule has 3 rings (SSSR count). The topological polar surface area (TPSA) is 33.2 Å². The van der Waals surface area contributed by atoms with Crippen molar-refractivity contribution in [3.05, 3.63) is 65.2 Å². The van der Waals surface area contributed by atoms with Crippen LogP contribution in [0.25, 0.3) is 10.2 Å². The Labute approximate surface area is 140 Å². The molecular weight excluding hydrogens is 304 g/mol. The van der Waals surface area contributed by atoms with Gasteiger partial charge in [0.1, 0.15) is 0 Å². The highest BCUT2D eigenvalue weighted by Gasteiger charge is 2.17. The van der Waals surface area contributed by atoms with Gasteiger partial charge in [-0.2, -0.15) is 0 Å². The number of rotatable bonds is 5. The number of nitrogens with zero attached hydrogens (tertiary/aromatic N) is 2. The van der Waals surface area contributed by atoms with E-state index in [1.54, 1.807) is 11.3 Å². The summed E-state index contributed by atoms with van der Waals surface area (Å²) in [6, 6.07) is 18.3. The van der Waals surface area contributed by atoms with Gasteiger partial charge in [0.15, 0.2) is 0 Å². The summed E-state index contributed by atoms with van der Waals surface area (Å²) >= 11 is 1.67. The largest absolute Gasteiger partial charge is 0.339 e. The Bertz CT molecular complexity index is 764. The van der Waals surface area contributed by atoms with Crippen molar-refractivity contribution >= 4 is 27.5 Å². The van der Waals surface area contributed by atoms with Gasteiger partial charge in [-0.15, -0.1) is 11.3 Å². The van der Waals surface area contributed by atoms with Crippen LogP contribution in [0.5, 0.6) is 0 Å². The molecule has 3 nitrogen and oxygen atoms in total. The lowest BCUT2D eigenvalue weighted by Crippen LogP contribution is -2.29. The summed E-state index contributed by atoms with van der Waals surface area (Å²) in [6.07, 6.45) is 1.19. The first-order chi connectivity index (χ1) is 11.1. The van der Waals surface area contributed by atoms with Gasteiger partial charge in [0, 0.05) is 19.9 Å². The number of thiazole rings is 1. The molecule has 2 aromatic carbocycles. The number of fused-ring (bicyclic) bond motifs is 1. The zero-order chi connectivity index (χ0) is 16.2. The molecule has 3 aromatic rings. The van der Waals surface area contributed by atoms with Crippen LogP contribution in [-0.2, 0) is 11.2 Å². The SMILES string of the molecule is CC(c1ccccc1)N(C)C(=O)CCc1nc2ccccc2s1. The van der Waals surface area contributed by atoms with E-state index in [0.29, 0.717) is 12.8 Å². The van der Waals surface area contributed by atoms with Crippen LogP contribution in [0.15, 0.2) is 54.6 Å². The van der Waals surface area contributed by atoms with Crippen molar-refractivity contribution in [2.45, 2.75) is 25.8 Å². The summed E-state index contributed by atoms with van der Waals surface area (Å²) in [5.74, 6) is 0.153. The summed E-state index contributed by atoms with van der Waals surface area (Å²) in [6.45, 7) is 2.06. The lowest BCUT2D eigenvalue weighted by molar-refractivity contribution is -0.131. The van der Waals surface area contributed by atoms with E-state index in [2.05, 4.69) is 30.1 Å². The van der Waals surface area contributed by atoms with Crippen molar-refractivity contribution in [2.75, 3.05) is 7.05 Å². The van der Waals surface area contributed by atoms with Crippen LogP contribution >= 0.6 is 11.3 Å². The summed E-state index contributed by atoms with van der Waals surface area (Å²) in [7, 11) is 1.87. The third-order valence-corrected chi connectivity index (χ3v) is 5.24. The number of aryl methyl sites for hydroxylation is 1. The number of aromatic nitrogens is 1. The molecule has 0 saturated carbocycles. The molecule has 23 heavy (non-hydrogen) atoms. The van der Waals surface area contributed by atoms with Gasteiger partial charge in [-0.1, -0.05) is 42.5 Å². The van der Waals surface area contributed by atoms with Crippen LogP contribution in [-0.4, -0.2) is 22.8 Å². The smallest absolute Gasteiger partial charge is 0.223 e. The van der Waals surface area contributed by atoms with E-state index < -0.39 is 0 Å². The summed E-state index contributed by atoms with van der Waals surface area (Å²) < 4.78 is 1.18. The molecule has 0 aliphatic rings. The van der Waals surface area contributed by atoms with Crippen molar-refractivity contribution in [1.82, 2.24) is 9.88 Å². The Hall–Kier alpha value is -2.20. The van der Waals surface area contributed by atoms with Gasteiger partial charge in [0.25, 0.3) is 0 Å². The number of benzene rings is 2. The zero-order valence-electron chi connectivity index (χ0n) is 13.4. The van der Waals surface area contributed by atoms with Crippen molar-refractivity contribution in [1.29, 1.82) is 0 Å². The van der Waals surface area contributed by atoms with Crippen LogP contribution in [0.4, 0.5) is 0 Å². The lowest BCUT2D eigenvalue weighted by atomic mass is 10.1. The second-order valence-corrected chi connectivity index (χ2v) is 6.78. The van der Waals surface area contributed by atoms with Crippen molar-refractivity contribution in [2.24, 2.45) is 0 Å². The molecule has 0 aliphatic heterocycles. The summed E-state index contributed by atoms with van der Waals surface area (Å²) in [5, 5.41) is 1.03. The van der Waals surface area contributed by atoms with Crippen LogP contribution in [0.1, 0.15) is 30.0 Å². The van der Waals surface area contributed by atoms with E-state index in [0.717, 1.165) is 16.1 Å². The Kier molecular flexibility index (Phi) is 4.72. The molecule has 0 saturated heterocycles. The number of amides is 1. The second kappa shape index (κ2) is 6.92. The Morgan fingerprint density at radius 3 is 2.57 bits per heavy atom. The average Bonchev–Trinajstić information content (AvgIpc) is 3.02. The Balaban J connectivity index is 1.62. The maximum absolute atomic E-state index is 12.4. The number of hydrogen-bond donors (Lipinski definition) is 0. The maximum atomic E-state index is 12.4. The molecule has 1 heterocycles. The van der Waals surface area contributed by atoms with Gasteiger partial charge < -0.3 is 4.90 Å². The summed E-state index contributed by atoms with van der Waals surface area (Å²) in [4.78, 5) is 18.9. The molecule has 0 radical (unpaired) electrons. The van der Waals surface area contributed by atoms with E-state index in [4.69, 9.17) is 0 Å². The lowest BCUT2D eigenvalue weighted by Gasteiger charge is -2.25. The van der Waals surface area contributed by atoms with Crippen LogP contribution in [0.2, 0.25) is 0 Å². The van der Waals surface area contributed by atoms with Gasteiger partial charge >= 0.3 is 0 Å². The molecule has 0 N–H and O–H groups in total. The molecule has 0 fully saturated rings. The molecule has 0 spiro atoms. The van der Waals surface area contributed by atoms with Crippen molar-refractivity contribution < 1.29 is 4.79 Å². The zero-order valence-corrected chi connectivity index (χ0v) is 14.2. The Morgan fingerprint density at radius 2 is 1.83 bits per heavy atom. The highest BCUT2D eigenvalue weighted by molar-refractivity contribution is 7.18. The van der Waals surface area contributed by atoms with E-state index in [1.807, 2.05) is 48.3 Å². The normalized spacial score (nSPS) is 12.3. The van der Waals surface area contributed by atoms with Crippen molar-refractivity contribution in [3.8, 4) is 0 Å². The average molecular weight is 324 g/mol. The van der Waals surface area contributed by atoms with Crippen LogP contribution < -0.4 is 0 Å². The fraction of sp³-hybridized carbons (Fsp3) is 0.263. The third kappa shape index (κ3) is 3.59. The molecule has 4 heteroatoms. The summed E-state index contributed by atoms with van der Waals surface area (Å²) in [5.41, 5.74) is 2.18. The van der Waals surface area contributed by atoms with Crippen LogP contribution in [0.3, 0.4) is 0 Å². The molecule has 0 bridgehead atoms. The molecule has 118 valence electrons. The highest BCUT2D eigenvalue weighted by atomic mass is 32.1. The second-order valence-electron chi connectivity index (χ2n) is 5.67. The quantitative estimate of drug-likeness (QED) is 0.695. The number of hydrogen-bond acceptors (Lipinski definition) is 3. The van der Waals surface area contributed by atoms with E-state index in [1.165, 1.54) is 4.70 Å². The minimum atomic E-state index is 0.0825. The predicted octanol–water partition coefficient (Wildman–Crippen LogP) is 4.45. The number of carbonyl (C=O) groups is 1. The standard InChI is InChI=1S/C19H20N2OS/c1-14(15-8-4-3-5-9-15)21(2)19(22)13-12-18-20-16-10-6-7-11-17(16)23-18/h3-11,14H,12-13H2,1-2H3. The van der Waals surface area contributed by atoms with E-state index in [9.17, 15) is 4.79 Å². The molecular formula is C19H20N2OS. The van der Waals surface area contributed by atoms with Gasteiger partial charge in [-0.25, -0.2) is 4.98 Å².